The molecule has 0 bridgehead atoms. The zero-order chi connectivity index (χ0) is 23.2. The number of urea groups is 1. The summed E-state index contributed by atoms with van der Waals surface area (Å²) in [5, 5.41) is 4.79. The SMILES string of the molecule is O=CNC(=O)NC(CN1Cc2ccc(F)cc2C1=O)c1ccccc1OCc1ccccc1. The fourth-order valence-corrected chi connectivity index (χ4v) is 3.81. The molecule has 1 aliphatic rings. The van der Waals surface area contributed by atoms with Gasteiger partial charge in [0.15, 0.2) is 0 Å². The Morgan fingerprint density at radius 1 is 1.09 bits per heavy atom. The van der Waals surface area contributed by atoms with Gasteiger partial charge in [0, 0.05) is 24.2 Å². The van der Waals surface area contributed by atoms with E-state index in [4.69, 9.17) is 4.74 Å². The standard InChI is InChI=1S/C25H22FN3O4/c26-19-11-10-18-13-29(24(31)21(18)12-19)14-22(28-25(32)27-16-30)20-8-4-5-9-23(20)33-15-17-6-2-1-3-7-17/h1-12,16,22H,13-15H2,(H2,27,28,30,32). The van der Waals surface area contributed by atoms with Crippen molar-refractivity contribution in [2.75, 3.05) is 6.54 Å². The molecular weight excluding hydrogens is 425 g/mol. The average molecular weight is 447 g/mol. The number of hydrogen-bond donors (Lipinski definition) is 2. The number of para-hydroxylation sites is 1. The Bertz CT molecular complexity index is 1170. The summed E-state index contributed by atoms with van der Waals surface area (Å²) in [6.45, 7) is 0.709. The molecule has 0 saturated heterocycles. The molecule has 3 aromatic carbocycles. The second-order valence-electron chi connectivity index (χ2n) is 7.59. The molecule has 0 fully saturated rings. The maximum atomic E-state index is 13.6. The van der Waals surface area contributed by atoms with Crippen LogP contribution in [0, 0.1) is 5.82 Å². The number of nitrogens with zero attached hydrogens (tertiary/aromatic N) is 1. The zero-order valence-electron chi connectivity index (χ0n) is 17.7. The van der Waals surface area contributed by atoms with Crippen molar-refractivity contribution in [1.29, 1.82) is 0 Å². The summed E-state index contributed by atoms with van der Waals surface area (Å²) in [6, 6.07) is 19.5. The van der Waals surface area contributed by atoms with E-state index >= 15 is 0 Å². The van der Waals surface area contributed by atoms with Gasteiger partial charge in [-0.2, -0.15) is 0 Å². The molecule has 1 unspecified atom stereocenters. The molecule has 0 spiro atoms. The summed E-state index contributed by atoms with van der Waals surface area (Å²) >= 11 is 0. The van der Waals surface area contributed by atoms with Crippen LogP contribution in [0.2, 0.25) is 0 Å². The van der Waals surface area contributed by atoms with E-state index in [0.29, 0.717) is 29.0 Å². The van der Waals surface area contributed by atoms with E-state index < -0.39 is 17.9 Å². The molecule has 0 radical (unpaired) electrons. The van der Waals surface area contributed by atoms with E-state index in [1.54, 1.807) is 24.3 Å². The summed E-state index contributed by atoms with van der Waals surface area (Å²) < 4.78 is 19.7. The van der Waals surface area contributed by atoms with E-state index in [1.807, 2.05) is 36.4 Å². The van der Waals surface area contributed by atoms with Crippen LogP contribution in [0.3, 0.4) is 0 Å². The van der Waals surface area contributed by atoms with E-state index in [9.17, 15) is 18.8 Å². The summed E-state index contributed by atoms with van der Waals surface area (Å²) in [5.41, 5.74) is 2.64. The number of fused-ring (bicyclic) bond motifs is 1. The highest BCUT2D eigenvalue weighted by Crippen LogP contribution is 2.30. The first kappa shape index (κ1) is 22.0. The summed E-state index contributed by atoms with van der Waals surface area (Å²) in [6.07, 6.45) is 0.282. The van der Waals surface area contributed by atoms with Crippen LogP contribution in [0.4, 0.5) is 9.18 Å². The molecule has 7 nitrogen and oxygen atoms in total. The quantitative estimate of drug-likeness (QED) is 0.517. The van der Waals surface area contributed by atoms with Crippen LogP contribution in [0.15, 0.2) is 72.8 Å². The van der Waals surface area contributed by atoms with E-state index in [0.717, 1.165) is 5.56 Å². The first-order chi connectivity index (χ1) is 16.0. The van der Waals surface area contributed by atoms with Gasteiger partial charge in [0.05, 0.1) is 6.04 Å². The fourth-order valence-electron chi connectivity index (χ4n) is 3.81. The Morgan fingerprint density at radius 3 is 2.64 bits per heavy atom. The van der Waals surface area contributed by atoms with Gasteiger partial charge in [0.25, 0.3) is 5.91 Å². The zero-order valence-corrected chi connectivity index (χ0v) is 17.7. The molecule has 8 heteroatoms. The van der Waals surface area contributed by atoms with Crippen LogP contribution in [-0.4, -0.2) is 29.8 Å². The highest BCUT2D eigenvalue weighted by Gasteiger charge is 2.31. The van der Waals surface area contributed by atoms with Crippen LogP contribution in [0.25, 0.3) is 0 Å². The number of benzene rings is 3. The minimum absolute atomic E-state index is 0.104. The largest absolute Gasteiger partial charge is 0.489 e. The van der Waals surface area contributed by atoms with E-state index in [2.05, 4.69) is 10.6 Å². The molecule has 1 aliphatic heterocycles. The van der Waals surface area contributed by atoms with Crippen molar-refractivity contribution in [1.82, 2.24) is 15.5 Å². The molecule has 0 aliphatic carbocycles. The Labute approximate surface area is 190 Å². The molecule has 3 aromatic rings. The Hall–Kier alpha value is -4.20. The van der Waals surface area contributed by atoms with Crippen LogP contribution >= 0.6 is 0 Å². The van der Waals surface area contributed by atoms with Crippen molar-refractivity contribution in [3.05, 3.63) is 101 Å². The smallest absolute Gasteiger partial charge is 0.321 e. The molecule has 168 valence electrons. The van der Waals surface area contributed by atoms with Crippen LogP contribution in [0.5, 0.6) is 5.75 Å². The number of nitrogens with one attached hydrogen (secondary N) is 2. The summed E-state index contributed by atoms with van der Waals surface area (Å²) in [7, 11) is 0. The normalized spacial score (nSPS) is 13.2. The monoisotopic (exact) mass is 447 g/mol. The van der Waals surface area contributed by atoms with Crippen LogP contribution < -0.4 is 15.4 Å². The molecule has 1 atom stereocenters. The number of rotatable bonds is 8. The molecule has 1 heterocycles. The number of carbonyl (C=O) groups is 3. The van der Waals surface area contributed by atoms with Gasteiger partial charge in [0.1, 0.15) is 18.2 Å². The maximum Gasteiger partial charge on any atom is 0.321 e. The third-order valence-corrected chi connectivity index (χ3v) is 5.38. The topological polar surface area (TPSA) is 87.7 Å². The van der Waals surface area contributed by atoms with Crippen molar-refractivity contribution in [2.45, 2.75) is 19.2 Å². The van der Waals surface area contributed by atoms with Gasteiger partial charge in [-0.05, 0) is 29.3 Å². The van der Waals surface area contributed by atoms with Gasteiger partial charge in [-0.3, -0.25) is 14.9 Å². The lowest BCUT2D eigenvalue weighted by molar-refractivity contribution is -0.108. The lowest BCUT2D eigenvalue weighted by Crippen LogP contribution is -2.42. The van der Waals surface area contributed by atoms with Crippen LogP contribution in [0.1, 0.15) is 33.1 Å². The highest BCUT2D eigenvalue weighted by atomic mass is 19.1. The van der Waals surface area contributed by atoms with Crippen LogP contribution in [-0.2, 0) is 17.9 Å². The highest BCUT2D eigenvalue weighted by molar-refractivity contribution is 5.98. The predicted molar refractivity (Wildman–Crippen MR) is 119 cm³/mol. The number of amides is 4. The Balaban J connectivity index is 1.58. The number of halogens is 1. The molecular formula is C25H22FN3O4. The van der Waals surface area contributed by atoms with Gasteiger partial charge in [-0.15, -0.1) is 0 Å². The molecule has 4 rings (SSSR count). The minimum Gasteiger partial charge on any atom is -0.489 e. The Morgan fingerprint density at radius 2 is 1.85 bits per heavy atom. The summed E-state index contributed by atoms with van der Waals surface area (Å²) in [5.74, 6) is -0.272. The number of hydrogen-bond acceptors (Lipinski definition) is 4. The van der Waals surface area contributed by atoms with Crippen molar-refractivity contribution >= 4 is 18.3 Å². The first-order valence-electron chi connectivity index (χ1n) is 10.4. The van der Waals surface area contributed by atoms with Gasteiger partial charge < -0.3 is 15.0 Å². The minimum atomic E-state index is -0.705. The second kappa shape index (κ2) is 9.95. The summed E-state index contributed by atoms with van der Waals surface area (Å²) in [4.78, 5) is 37.3. The van der Waals surface area contributed by atoms with E-state index in [1.165, 1.54) is 17.0 Å². The first-order valence-corrected chi connectivity index (χ1v) is 10.4. The number of imide groups is 1. The van der Waals surface area contributed by atoms with Gasteiger partial charge in [0.2, 0.25) is 6.41 Å². The molecule has 0 saturated carbocycles. The third-order valence-electron chi connectivity index (χ3n) is 5.38. The lowest BCUT2D eigenvalue weighted by atomic mass is 10.0. The fraction of sp³-hybridized carbons (Fsp3) is 0.160. The molecule has 4 amide bonds. The molecule has 33 heavy (non-hydrogen) atoms. The van der Waals surface area contributed by atoms with Crippen molar-refractivity contribution in [3.63, 3.8) is 0 Å². The lowest BCUT2D eigenvalue weighted by Gasteiger charge is -2.26. The van der Waals surface area contributed by atoms with Gasteiger partial charge >= 0.3 is 6.03 Å². The second-order valence-corrected chi connectivity index (χ2v) is 7.59. The van der Waals surface area contributed by atoms with Crippen molar-refractivity contribution < 1.29 is 23.5 Å². The van der Waals surface area contributed by atoms with Crippen molar-refractivity contribution in [2.24, 2.45) is 0 Å². The average Bonchev–Trinajstić information content (AvgIpc) is 3.13. The van der Waals surface area contributed by atoms with Gasteiger partial charge in [-0.1, -0.05) is 54.6 Å². The van der Waals surface area contributed by atoms with E-state index in [-0.39, 0.29) is 25.4 Å². The number of carbonyl (C=O) groups excluding carboxylic acids is 3. The Kier molecular flexibility index (Phi) is 6.64. The molecule has 2 N–H and O–H groups in total. The third kappa shape index (κ3) is 5.17. The predicted octanol–water partition coefficient (Wildman–Crippen LogP) is 3.56. The number of ether oxygens (including phenoxy) is 1. The molecule has 0 aromatic heterocycles. The maximum absolute atomic E-state index is 13.6. The van der Waals surface area contributed by atoms with Crippen molar-refractivity contribution in [3.8, 4) is 5.75 Å². The van der Waals surface area contributed by atoms with Gasteiger partial charge in [-0.25, -0.2) is 9.18 Å².